The largest absolute Gasteiger partial charge is 0.385 e. The molecule has 0 saturated carbocycles. The second-order valence-electron chi connectivity index (χ2n) is 7.08. The quantitative estimate of drug-likeness (QED) is 0.635. The van der Waals surface area contributed by atoms with Gasteiger partial charge in [0.05, 0.1) is 0 Å². The number of likely N-dealkylation sites (tertiary alicyclic amines) is 1. The molecule has 1 aromatic rings. The van der Waals surface area contributed by atoms with Crippen molar-refractivity contribution in [2.45, 2.75) is 39.0 Å². The number of ether oxygens (including phenoxy) is 1. The molecule has 0 aromatic heterocycles. The molecule has 1 fully saturated rings. The van der Waals surface area contributed by atoms with Crippen LogP contribution in [0.2, 0.25) is 0 Å². The minimum atomic E-state index is -0.0391. The maximum atomic E-state index is 12.7. The molecule has 28 heavy (non-hydrogen) atoms. The van der Waals surface area contributed by atoms with E-state index in [0.29, 0.717) is 56.8 Å². The Morgan fingerprint density at radius 2 is 1.82 bits per heavy atom. The number of piperidine rings is 1. The highest BCUT2D eigenvalue weighted by atomic mass is 16.5. The predicted octanol–water partition coefficient (Wildman–Crippen LogP) is 2.43. The van der Waals surface area contributed by atoms with Crippen molar-refractivity contribution in [1.29, 1.82) is 0 Å². The number of anilines is 1. The van der Waals surface area contributed by atoms with Gasteiger partial charge in [0.25, 0.3) is 5.91 Å². The standard InChI is InChI=1S/C21H31N3O4/c1-3-5-19(25)23-18-8-6-17(7-9-18)21(27)24-13-10-16(11-14-24)20(26)22-12-4-15-28-2/h6-9,16H,3-5,10-15H2,1-2H3,(H,22,26)(H,23,25). The molecule has 1 aromatic carbocycles. The van der Waals surface area contributed by atoms with Crippen LogP contribution in [0.3, 0.4) is 0 Å². The molecule has 1 heterocycles. The van der Waals surface area contributed by atoms with E-state index in [2.05, 4.69) is 10.6 Å². The van der Waals surface area contributed by atoms with Crippen molar-refractivity contribution >= 4 is 23.4 Å². The van der Waals surface area contributed by atoms with Gasteiger partial charge in [-0.1, -0.05) is 6.92 Å². The van der Waals surface area contributed by atoms with Gasteiger partial charge in [-0.05, 0) is 49.9 Å². The van der Waals surface area contributed by atoms with Crippen molar-refractivity contribution in [1.82, 2.24) is 10.2 Å². The number of hydrogen-bond acceptors (Lipinski definition) is 4. The smallest absolute Gasteiger partial charge is 0.253 e. The van der Waals surface area contributed by atoms with E-state index in [1.165, 1.54) is 0 Å². The van der Waals surface area contributed by atoms with E-state index in [4.69, 9.17) is 4.74 Å². The van der Waals surface area contributed by atoms with Crippen LogP contribution in [-0.2, 0) is 14.3 Å². The maximum Gasteiger partial charge on any atom is 0.253 e. The Balaban J connectivity index is 1.79. The summed E-state index contributed by atoms with van der Waals surface area (Å²) in [5.74, 6) is -0.0346. The van der Waals surface area contributed by atoms with E-state index in [1.54, 1.807) is 36.3 Å². The summed E-state index contributed by atoms with van der Waals surface area (Å²) in [6.45, 7) is 4.35. The molecule has 154 valence electrons. The highest BCUT2D eigenvalue weighted by Gasteiger charge is 2.27. The van der Waals surface area contributed by atoms with E-state index >= 15 is 0 Å². The number of nitrogens with zero attached hydrogens (tertiary/aromatic N) is 1. The van der Waals surface area contributed by atoms with Crippen LogP contribution in [0.25, 0.3) is 0 Å². The van der Waals surface area contributed by atoms with Gasteiger partial charge in [0.15, 0.2) is 0 Å². The average molecular weight is 389 g/mol. The van der Waals surface area contributed by atoms with E-state index in [9.17, 15) is 14.4 Å². The molecule has 7 heteroatoms. The fraction of sp³-hybridized carbons (Fsp3) is 0.571. The summed E-state index contributed by atoms with van der Waals surface area (Å²) >= 11 is 0. The molecule has 3 amide bonds. The number of nitrogens with one attached hydrogen (secondary N) is 2. The average Bonchev–Trinajstić information content (AvgIpc) is 2.71. The van der Waals surface area contributed by atoms with Crippen molar-refractivity contribution < 1.29 is 19.1 Å². The normalized spacial score (nSPS) is 14.6. The van der Waals surface area contributed by atoms with Crippen LogP contribution < -0.4 is 10.6 Å². The molecule has 2 rings (SSSR count). The van der Waals surface area contributed by atoms with Crippen LogP contribution in [0.15, 0.2) is 24.3 Å². The van der Waals surface area contributed by atoms with Gasteiger partial charge in [0, 0.05) is 56.9 Å². The van der Waals surface area contributed by atoms with Gasteiger partial charge in [0.1, 0.15) is 0 Å². The first-order chi connectivity index (χ1) is 13.5. The molecule has 0 aliphatic carbocycles. The van der Waals surface area contributed by atoms with Crippen molar-refractivity contribution in [3.63, 3.8) is 0 Å². The van der Waals surface area contributed by atoms with Crippen LogP contribution in [0.1, 0.15) is 49.4 Å². The molecule has 7 nitrogen and oxygen atoms in total. The lowest BCUT2D eigenvalue weighted by atomic mass is 9.95. The number of amides is 3. The molecular formula is C21H31N3O4. The zero-order chi connectivity index (χ0) is 20.4. The molecule has 1 aliphatic rings. The first-order valence-corrected chi connectivity index (χ1v) is 10.0. The lowest BCUT2D eigenvalue weighted by Crippen LogP contribution is -2.43. The Bertz CT molecular complexity index is 652. The number of hydrogen-bond donors (Lipinski definition) is 2. The van der Waals surface area contributed by atoms with Gasteiger partial charge >= 0.3 is 0 Å². The maximum absolute atomic E-state index is 12.7. The highest BCUT2D eigenvalue weighted by Crippen LogP contribution is 2.20. The van der Waals surface area contributed by atoms with Crippen LogP contribution in [0.5, 0.6) is 0 Å². The van der Waals surface area contributed by atoms with Crippen molar-refractivity contribution in [2.75, 3.05) is 38.7 Å². The number of carbonyl (C=O) groups excluding carboxylic acids is 3. The zero-order valence-corrected chi connectivity index (χ0v) is 16.8. The van der Waals surface area contributed by atoms with Gasteiger partial charge in [-0.15, -0.1) is 0 Å². The molecule has 0 atom stereocenters. The van der Waals surface area contributed by atoms with Gasteiger partial charge < -0.3 is 20.3 Å². The fourth-order valence-corrected chi connectivity index (χ4v) is 3.25. The fourth-order valence-electron chi connectivity index (χ4n) is 3.25. The Labute approximate surface area is 166 Å². The van der Waals surface area contributed by atoms with Crippen molar-refractivity contribution in [3.8, 4) is 0 Å². The molecule has 0 unspecified atom stereocenters. The van der Waals surface area contributed by atoms with E-state index < -0.39 is 0 Å². The first kappa shape index (κ1) is 21.9. The molecule has 2 N–H and O–H groups in total. The lowest BCUT2D eigenvalue weighted by molar-refractivity contribution is -0.126. The Morgan fingerprint density at radius 3 is 2.43 bits per heavy atom. The highest BCUT2D eigenvalue weighted by molar-refractivity contribution is 5.96. The first-order valence-electron chi connectivity index (χ1n) is 10.0. The van der Waals surface area contributed by atoms with Crippen molar-refractivity contribution in [2.24, 2.45) is 5.92 Å². The number of benzene rings is 1. The summed E-state index contributed by atoms with van der Waals surface area (Å²) in [6.07, 6.45) is 3.42. The van der Waals surface area contributed by atoms with Gasteiger partial charge in [-0.2, -0.15) is 0 Å². The summed E-state index contributed by atoms with van der Waals surface area (Å²) in [6, 6.07) is 6.97. The predicted molar refractivity (Wildman–Crippen MR) is 108 cm³/mol. The summed E-state index contributed by atoms with van der Waals surface area (Å²) in [4.78, 5) is 38.3. The van der Waals surface area contributed by atoms with Crippen LogP contribution in [-0.4, -0.2) is 56.0 Å². The second kappa shape index (κ2) is 11.4. The SMILES string of the molecule is CCCC(=O)Nc1ccc(C(=O)N2CCC(C(=O)NCCCOC)CC2)cc1. The van der Waals surface area contributed by atoms with Crippen molar-refractivity contribution in [3.05, 3.63) is 29.8 Å². The minimum absolute atomic E-state index is 0.0239. The Hall–Kier alpha value is -2.41. The zero-order valence-electron chi connectivity index (χ0n) is 16.8. The third kappa shape index (κ3) is 6.64. The lowest BCUT2D eigenvalue weighted by Gasteiger charge is -2.31. The van der Waals surface area contributed by atoms with E-state index in [0.717, 1.165) is 12.8 Å². The van der Waals surface area contributed by atoms with Crippen LogP contribution in [0, 0.1) is 5.92 Å². The number of carbonyl (C=O) groups is 3. The summed E-state index contributed by atoms with van der Waals surface area (Å²) in [7, 11) is 1.64. The summed E-state index contributed by atoms with van der Waals surface area (Å²) in [5, 5.41) is 5.75. The van der Waals surface area contributed by atoms with Gasteiger partial charge in [-0.25, -0.2) is 0 Å². The van der Waals surface area contributed by atoms with E-state index in [1.807, 2.05) is 6.92 Å². The van der Waals surface area contributed by atoms with Crippen LogP contribution >= 0.6 is 0 Å². The summed E-state index contributed by atoms with van der Waals surface area (Å²) < 4.78 is 4.97. The van der Waals surface area contributed by atoms with Crippen LogP contribution in [0.4, 0.5) is 5.69 Å². The minimum Gasteiger partial charge on any atom is -0.385 e. The monoisotopic (exact) mass is 389 g/mol. The summed E-state index contributed by atoms with van der Waals surface area (Å²) in [5.41, 5.74) is 1.29. The number of rotatable bonds is 9. The Kier molecular flexibility index (Phi) is 8.94. The van der Waals surface area contributed by atoms with E-state index in [-0.39, 0.29) is 23.6 Å². The third-order valence-corrected chi connectivity index (χ3v) is 4.87. The molecule has 0 radical (unpaired) electrons. The molecule has 1 aliphatic heterocycles. The molecular weight excluding hydrogens is 358 g/mol. The topological polar surface area (TPSA) is 87.7 Å². The second-order valence-corrected chi connectivity index (χ2v) is 7.08. The van der Waals surface area contributed by atoms with Gasteiger partial charge in [-0.3, -0.25) is 14.4 Å². The number of methoxy groups -OCH3 is 1. The molecule has 0 bridgehead atoms. The van der Waals surface area contributed by atoms with Gasteiger partial charge in [0.2, 0.25) is 11.8 Å². The third-order valence-electron chi connectivity index (χ3n) is 4.87. The Morgan fingerprint density at radius 1 is 1.14 bits per heavy atom. The molecule has 1 saturated heterocycles. The molecule has 0 spiro atoms.